The molecule has 2 aromatic carbocycles. The predicted molar refractivity (Wildman–Crippen MR) is 153 cm³/mol. The van der Waals surface area contributed by atoms with E-state index in [9.17, 15) is 9.59 Å². The Kier molecular flexibility index (Phi) is 9.65. The van der Waals surface area contributed by atoms with Crippen molar-refractivity contribution < 1.29 is 23.7 Å². The van der Waals surface area contributed by atoms with E-state index in [1.165, 1.54) is 30.1 Å². The van der Waals surface area contributed by atoms with Gasteiger partial charge in [0, 0.05) is 12.6 Å². The number of methoxy groups -OCH3 is 2. The van der Waals surface area contributed by atoms with Crippen LogP contribution in [-0.4, -0.2) is 45.2 Å². The van der Waals surface area contributed by atoms with Crippen molar-refractivity contribution in [2.45, 2.75) is 13.8 Å². The fourth-order valence-corrected chi connectivity index (χ4v) is 4.43. The van der Waals surface area contributed by atoms with Crippen LogP contribution in [0.3, 0.4) is 0 Å². The van der Waals surface area contributed by atoms with Gasteiger partial charge in [0.1, 0.15) is 21.5 Å². The molecule has 4 N–H and O–H groups in total. The summed E-state index contributed by atoms with van der Waals surface area (Å²) < 4.78 is 12.3. The minimum atomic E-state index is -0.557. The fraction of sp³-hybridized carbons (Fsp3) is 0.231. The lowest BCUT2D eigenvalue weighted by molar-refractivity contribution is -0.637. The summed E-state index contributed by atoms with van der Waals surface area (Å²) in [6, 6.07) is 8.17. The van der Waals surface area contributed by atoms with E-state index >= 15 is 0 Å². The molecule has 0 saturated carbocycles. The highest BCUT2D eigenvalue weighted by atomic mass is 35.5. The number of anilines is 5. The van der Waals surface area contributed by atoms with Crippen LogP contribution in [0, 0.1) is 18.8 Å². The maximum absolute atomic E-state index is 13.3. The highest BCUT2D eigenvalue weighted by Crippen LogP contribution is 2.47. The average Bonchev–Trinajstić information content (AvgIpc) is 2.92. The maximum atomic E-state index is 13.3. The minimum Gasteiger partial charge on any atom is -0.495 e. The van der Waals surface area contributed by atoms with Crippen LogP contribution in [0.4, 0.5) is 33.5 Å². The second-order valence-corrected chi connectivity index (χ2v) is 8.67. The summed E-state index contributed by atoms with van der Waals surface area (Å²) in [5.41, 5.74) is 4.77. The first-order valence-corrected chi connectivity index (χ1v) is 12.3. The van der Waals surface area contributed by atoms with Gasteiger partial charge >= 0.3 is 6.03 Å². The normalized spacial score (nSPS) is 10.1. The Morgan fingerprint density at radius 2 is 1.67 bits per heavy atom. The summed E-state index contributed by atoms with van der Waals surface area (Å²) in [5, 5.41) is 8.89. The van der Waals surface area contributed by atoms with Gasteiger partial charge in [-0.3, -0.25) is 15.5 Å². The van der Waals surface area contributed by atoms with Gasteiger partial charge in [-0.25, -0.2) is 9.69 Å². The van der Waals surface area contributed by atoms with Crippen molar-refractivity contribution >= 4 is 63.8 Å². The van der Waals surface area contributed by atoms with Crippen LogP contribution in [0.15, 0.2) is 36.7 Å². The Hall–Kier alpha value is -4.40. The molecule has 204 valence electrons. The van der Waals surface area contributed by atoms with Crippen molar-refractivity contribution in [2.75, 3.05) is 54.6 Å². The third-order valence-corrected chi connectivity index (χ3v) is 6.27. The number of ether oxygens (including phenoxy) is 2. The van der Waals surface area contributed by atoms with Crippen LogP contribution < -0.4 is 40.4 Å². The van der Waals surface area contributed by atoms with Crippen molar-refractivity contribution in [3.63, 3.8) is 0 Å². The second kappa shape index (κ2) is 12.9. The topological polar surface area (TPSA) is 121 Å². The number of hydrogen-bond acceptors (Lipinski definition) is 7. The number of carbonyl (C=O) groups excluding carboxylic acids is 2. The lowest BCUT2D eigenvalue weighted by Gasteiger charge is -2.20. The SMILES string of the molecule is CC#CC(=O)Nc1ccccc1Nc1cc(N(C)C(=O)Nc2c(Cl)c(OC)c(C)c(OC)c2Cl)[n+](NC)cn1. The quantitative estimate of drug-likeness (QED) is 0.231. The molecule has 3 rings (SSSR count). The molecular formula is C26H28Cl2N7O4+. The van der Waals surface area contributed by atoms with Crippen LogP contribution in [0.5, 0.6) is 11.5 Å². The lowest BCUT2D eigenvalue weighted by Crippen LogP contribution is -2.50. The molecule has 0 atom stereocenters. The summed E-state index contributed by atoms with van der Waals surface area (Å²) in [7, 11) is 6.15. The Morgan fingerprint density at radius 3 is 2.23 bits per heavy atom. The molecule has 39 heavy (non-hydrogen) atoms. The molecule has 0 fully saturated rings. The first kappa shape index (κ1) is 29.2. The Bertz CT molecular complexity index is 1440. The second-order valence-electron chi connectivity index (χ2n) is 7.91. The zero-order valence-electron chi connectivity index (χ0n) is 22.2. The number of benzene rings is 2. The molecule has 0 aliphatic heterocycles. The highest BCUT2D eigenvalue weighted by Gasteiger charge is 2.27. The number of halogens is 2. The van der Waals surface area contributed by atoms with Gasteiger partial charge < -0.3 is 20.1 Å². The molecule has 0 unspecified atom stereocenters. The van der Waals surface area contributed by atoms with E-state index in [1.807, 2.05) is 0 Å². The number of aromatic nitrogens is 2. The monoisotopic (exact) mass is 572 g/mol. The number of para-hydroxylation sites is 2. The van der Waals surface area contributed by atoms with Crippen molar-refractivity contribution in [3.05, 3.63) is 52.3 Å². The average molecular weight is 573 g/mol. The molecule has 3 amide bonds. The Balaban J connectivity index is 1.94. The number of nitrogens with zero attached hydrogens (tertiary/aromatic N) is 3. The molecule has 0 saturated heterocycles. The van der Waals surface area contributed by atoms with Crippen molar-refractivity contribution in [1.82, 2.24) is 4.98 Å². The van der Waals surface area contributed by atoms with E-state index < -0.39 is 11.9 Å². The molecule has 0 aliphatic carbocycles. The molecule has 0 bridgehead atoms. The van der Waals surface area contributed by atoms with E-state index in [4.69, 9.17) is 32.7 Å². The van der Waals surface area contributed by atoms with Crippen LogP contribution in [0.25, 0.3) is 0 Å². The van der Waals surface area contributed by atoms with E-state index in [0.717, 1.165) is 0 Å². The summed E-state index contributed by atoms with van der Waals surface area (Å²) in [6.07, 6.45) is 1.49. The van der Waals surface area contributed by atoms with Gasteiger partial charge in [-0.1, -0.05) is 46.2 Å². The maximum Gasteiger partial charge on any atom is 0.384 e. The molecular weight excluding hydrogens is 545 g/mol. The Labute approximate surface area is 236 Å². The van der Waals surface area contributed by atoms with Crippen LogP contribution in [0.2, 0.25) is 10.0 Å². The zero-order valence-corrected chi connectivity index (χ0v) is 23.7. The third kappa shape index (κ3) is 6.37. The van der Waals surface area contributed by atoms with Gasteiger partial charge in [-0.2, -0.15) is 0 Å². The van der Waals surface area contributed by atoms with Crippen LogP contribution in [-0.2, 0) is 4.79 Å². The van der Waals surface area contributed by atoms with Gasteiger partial charge in [0.05, 0.1) is 44.4 Å². The van der Waals surface area contributed by atoms with Crippen molar-refractivity contribution in [2.24, 2.45) is 0 Å². The standard InChI is InChI=1S/C26H27Cl2N7O4/c1-7-10-19(36)32-17-12-9-8-11-16(17)31-18-13-20(35(29-3)14-30-18)34(4)26(37)33-23-21(27)24(38-5)15(2)25(39-6)22(23)28/h8-9,11-14,29H,1-6H3,(H2,32,33,36,37)/p+1. The van der Waals surface area contributed by atoms with Gasteiger partial charge in [0.25, 0.3) is 11.7 Å². The van der Waals surface area contributed by atoms with Gasteiger partial charge in [-0.05, 0) is 31.9 Å². The lowest BCUT2D eigenvalue weighted by atomic mass is 10.1. The Morgan fingerprint density at radius 1 is 1.05 bits per heavy atom. The van der Waals surface area contributed by atoms with Crippen LogP contribution >= 0.6 is 23.2 Å². The van der Waals surface area contributed by atoms with E-state index in [-0.39, 0.29) is 15.7 Å². The molecule has 0 aliphatic rings. The van der Waals surface area contributed by atoms with Gasteiger partial charge in [0.15, 0.2) is 0 Å². The number of hydrogen-bond donors (Lipinski definition) is 4. The number of nitrogens with one attached hydrogen (secondary N) is 4. The van der Waals surface area contributed by atoms with E-state index in [0.29, 0.717) is 40.1 Å². The number of urea groups is 1. The predicted octanol–water partition coefficient (Wildman–Crippen LogP) is 4.55. The molecule has 1 heterocycles. The van der Waals surface area contributed by atoms with E-state index in [2.05, 4.69) is 38.2 Å². The molecule has 0 radical (unpaired) electrons. The van der Waals surface area contributed by atoms with Gasteiger partial charge in [-0.15, -0.1) is 4.68 Å². The smallest absolute Gasteiger partial charge is 0.384 e. The fourth-order valence-electron chi connectivity index (χ4n) is 3.66. The summed E-state index contributed by atoms with van der Waals surface area (Å²) in [6.45, 7) is 3.33. The molecule has 13 heteroatoms. The van der Waals surface area contributed by atoms with Crippen molar-refractivity contribution in [3.8, 4) is 23.3 Å². The number of amides is 3. The third-order valence-electron chi connectivity index (χ3n) is 5.55. The first-order valence-electron chi connectivity index (χ1n) is 11.5. The largest absolute Gasteiger partial charge is 0.495 e. The molecule has 1 aromatic heterocycles. The molecule has 11 nitrogen and oxygen atoms in total. The minimum absolute atomic E-state index is 0.132. The van der Waals surface area contributed by atoms with Gasteiger partial charge in [0.2, 0.25) is 12.1 Å². The summed E-state index contributed by atoms with van der Waals surface area (Å²) in [5.74, 6) is 6.01. The van der Waals surface area contributed by atoms with Crippen molar-refractivity contribution in [1.29, 1.82) is 0 Å². The zero-order chi connectivity index (χ0) is 28.7. The number of carbonyl (C=O) groups is 2. The molecule has 0 spiro atoms. The summed E-state index contributed by atoms with van der Waals surface area (Å²) in [4.78, 5) is 31.1. The highest BCUT2D eigenvalue weighted by molar-refractivity contribution is 6.42. The first-order chi connectivity index (χ1) is 18.7. The summed E-state index contributed by atoms with van der Waals surface area (Å²) >= 11 is 13.0. The van der Waals surface area contributed by atoms with Crippen LogP contribution in [0.1, 0.15) is 12.5 Å². The molecule has 3 aromatic rings. The van der Waals surface area contributed by atoms with E-state index in [1.54, 1.807) is 58.3 Å². The number of rotatable bonds is 8.